The van der Waals surface area contributed by atoms with E-state index in [2.05, 4.69) is 45.0 Å². The van der Waals surface area contributed by atoms with Crippen molar-refractivity contribution >= 4 is 35.9 Å². The number of aromatic nitrogens is 2. The summed E-state index contributed by atoms with van der Waals surface area (Å²) >= 11 is 0. The zero-order valence-electron chi connectivity index (χ0n) is 16.8. The first-order valence-electron chi connectivity index (χ1n) is 9.39. The molecule has 0 aliphatic carbocycles. The van der Waals surface area contributed by atoms with Gasteiger partial charge in [0.15, 0.2) is 5.96 Å². The first-order valence-corrected chi connectivity index (χ1v) is 9.39. The van der Waals surface area contributed by atoms with Crippen LogP contribution in [0.3, 0.4) is 0 Å². The van der Waals surface area contributed by atoms with Gasteiger partial charge in [-0.05, 0) is 43.2 Å². The largest absolute Gasteiger partial charge is 0.497 e. The Morgan fingerprint density at radius 3 is 2.50 bits per heavy atom. The van der Waals surface area contributed by atoms with Crippen LogP contribution in [0.5, 0.6) is 5.75 Å². The number of nitrogens with zero attached hydrogens (tertiary/aromatic N) is 5. The molecule has 0 amide bonds. The highest BCUT2D eigenvalue weighted by Gasteiger charge is 2.21. The lowest BCUT2D eigenvalue weighted by molar-refractivity contribution is 0.370. The molecule has 0 radical (unpaired) electrons. The predicted octanol–water partition coefficient (Wildman–Crippen LogP) is 2.70. The van der Waals surface area contributed by atoms with E-state index in [0.717, 1.165) is 55.9 Å². The number of hydrogen-bond acceptors (Lipinski definition) is 5. The Hall–Kier alpha value is -2.10. The van der Waals surface area contributed by atoms with Crippen LogP contribution >= 0.6 is 24.0 Å². The normalized spacial score (nSPS) is 14.5. The second-order valence-corrected chi connectivity index (χ2v) is 6.55. The van der Waals surface area contributed by atoms with E-state index < -0.39 is 0 Å². The van der Waals surface area contributed by atoms with Crippen LogP contribution in [0.15, 0.2) is 41.7 Å². The Kier molecular flexibility index (Phi) is 8.75. The molecule has 8 heteroatoms. The number of benzene rings is 1. The van der Waals surface area contributed by atoms with E-state index in [0.29, 0.717) is 6.54 Å². The van der Waals surface area contributed by atoms with Crippen molar-refractivity contribution < 1.29 is 4.74 Å². The maximum absolute atomic E-state index is 5.37. The van der Waals surface area contributed by atoms with Gasteiger partial charge in [0.05, 0.1) is 13.7 Å². The Morgan fingerprint density at radius 2 is 1.86 bits per heavy atom. The number of piperazine rings is 1. The van der Waals surface area contributed by atoms with E-state index in [1.807, 2.05) is 18.2 Å². The molecule has 0 saturated carbocycles. The summed E-state index contributed by atoms with van der Waals surface area (Å²) in [6.07, 6.45) is 3.58. The lowest BCUT2D eigenvalue weighted by atomic mass is 10.1. The Labute approximate surface area is 184 Å². The summed E-state index contributed by atoms with van der Waals surface area (Å²) in [6.45, 7) is 9.19. The monoisotopic (exact) mass is 496 g/mol. The van der Waals surface area contributed by atoms with Crippen molar-refractivity contribution in [3.63, 3.8) is 0 Å². The molecule has 0 unspecified atom stereocenters. The fraction of sp³-hybridized carbons (Fsp3) is 0.450. The number of aryl methyl sites for hydroxylation is 1. The number of methoxy groups -OCH3 is 1. The summed E-state index contributed by atoms with van der Waals surface area (Å²) in [4.78, 5) is 18.1. The molecule has 7 nitrogen and oxygen atoms in total. The summed E-state index contributed by atoms with van der Waals surface area (Å²) in [5.74, 6) is 2.62. The van der Waals surface area contributed by atoms with Crippen LogP contribution < -0.4 is 15.0 Å². The minimum absolute atomic E-state index is 0. The van der Waals surface area contributed by atoms with E-state index in [1.165, 1.54) is 5.56 Å². The first-order chi connectivity index (χ1) is 13.2. The zero-order chi connectivity index (χ0) is 19.1. The fourth-order valence-corrected chi connectivity index (χ4v) is 3.20. The summed E-state index contributed by atoms with van der Waals surface area (Å²) in [5, 5.41) is 3.42. The zero-order valence-corrected chi connectivity index (χ0v) is 19.1. The number of anilines is 1. The lowest BCUT2D eigenvalue weighted by Crippen LogP contribution is -2.52. The van der Waals surface area contributed by atoms with Gasteiger partial charge < -0.3 is 19.9 Å². The van der Waals surface area contributed by atoms with Crippen molar-refractivity contribution in [3.8, 4) is 5.75 Å². The maximum Gasteiger partial charge on any atom is 0.225 e. The molecular weight excluding hydrogens is 467 g/mol. The van der Waals surface area contributed by atoms with E-state index in [9.17, 15) is 0 Å². The molecule has 0 atom stereocenters. The molecule has 1 aromatic heterocycles. The van der Waals surface area contributed by atoms with E-state index >= 15 is 0 Å². The van der Waals surface area contributed by atoms with E-state index in [-0.39, 0.29) is 24.0 Å². The van der Waals surface area contributed by atoms with Crippen molar-refractivity contribution in [1.29, 1.82) is 0 Å². The maximum atomic E-state index is 5.37. The summed E-state index contributed by atoms with van der Waals surface area (Å²) < 4.78 is 5.37. The van der Waals surface area contributed by atoms with Gasteiger partial charge in [-0.25, -0.2) is 15.0 Å². The number of rotatable bonds is 5. The van der Waals surface area contributed by atoms with Gasteiger partial charge in [0.25, 0.3) is 0 Å². The van der Waals surface area contributed by atoms with Gasteiger partial charge in [0.2, 0.25) is 5.95 Å². The fourth-order valence-electron chi connectivity index (χ4n) is 3.20. The smallest absolute Gasteiger partial charge is 0.225 e. The molecule has 1 fully saturated rings. The predicted molar refractivity (Wildman–Crippen MR) is 124 cm³/mol. The van der Waals surface area contributed by atoms with Crippen molar-refractivity contribution in [2.24, 2.45) is 4.99 Å². The molecule has 2 heterocycles. The number of hydrogen-bond donors (Lipinski definition) is 1. The number of nitrogens with one attached hydrogen (secondary N) is 1. The minimum atomic E-state index is 0. The quantitative estimate of drug-likeness (QED) is 0.390. The highest BCUT2D eigenvalue weighted by atomic mass is 127. The second-order valence-electron chi connectivity index (χ2n) is 6.55. The van der Waals surface area contributed by atoms with Crippen LogP contribution in [0.25, 0.3) is 0 Å². The van der Waals surface area contributed by atoms with Crippen molar-refractivity contribution in [1.82, 2.24) is 20.2 Å². The third kappa shape index (κ3) is 5.95. The number of ether oxygens (including phenoxy) is 1. The molecular formula is C20H29IN6O. The topological polar surface area (TPSA) is 65.9 Å². The molecule has 3 rings (SSSR count). The average Bonchev–Trinajstić information content (AvgIpc) is 2.71. The van der Waals surface area contributed by atoms with Crippen molar-refractivity contribution in [2.75, 3.05) is 44.7 Å². The van der Waals surface area contributed by atoms with Crippen LogP contribution in [-0.2, 0) is 6.54 Å². The standard InChI is InChI=1S/C20H28N6O.HI/c1-4-21-19(24-15-17-12-16(2)13-18(14-17)27-3)25-8-10-26(11-9-25)20-22-6-5-7-23-20;/h5-7,12-14H,4,8-11,15H2,1-3H3,(H,21,24);1H. The summed E-state index contributed by atoms with van der Waals surface area (Å²) in [5.41, 5.74) is 2.33. The average molecular weight is 496 g/mol. The second kappa shape index (κ2) is 11.0. The number of halogens is 1. The van der Waals surface area contributed by atoms with Crippen molar-refractivity contribution in [3.05, 3.63) is 47.8 Å². The highest BCUT2D eigenvalue weighted by Crippen LogP contribution is 2.17. The van der Waals surface area contributed by atoms with Crippen LogP contribution in [0.1, 0.15) is 18.1 Å². The van der Waals surface area contributed by atoms with E-state index in [4.69, 9.17) is 9.73 Å². The highest BCUT2D eigenvalue weighted by molar-refractivity contribution is 14.0. The molecule has 0 bridgehead atoms. The van der Waals surface area contributed by atoms with Gasteiger partial charge >= 0.3 is 0 Å². The summed E-state index contributed by atoms with van der Waals surface area (Å²) in [7, 11) is 1.70. The third-order valence-electron chi connectivity index (χ3n) is 4.51. The molecule has 28 heavy (non-hydrogen) atoms. The van der Waals surface area contributed by atoms with Gasteiger partial charge in [0.1, 0.15) is 5.75 Å². The number of guanidine groups is 1. The van der Waals surface area contributed by atoms with Gasteiger partial charge in [-0.1, -0.05) is 6.07 Å². The molecule has 1 aliphatic rings. The molecule has 0 spiro atoms. The van der Waals surface area contributed by atoms with Gasteiger partial charge in [-0.3, -0.25) is 0 Å². The first kappa shape index (κ1) is 22.2. The molecule has 1 aromatic carbocycles. The lowest BCUT2D eigenvalue weighted by Gasteiger charge is -2.36. The van der Waals surface area contributed by atoms with E-state index in [1.54, 1.807) is 19.5 Å². The minimum Gasteiger partial charge on any atom is -0.497 e. The third-order valence-corrected chi connectivity index (χ3v) is 4.51. The molecule has 1 saturated heterocycles. The van der Waals surface area contributed by atoms with Crippen molar-refractivity contribution in [2.45, 2.75) is 20.4 Å². The molecule has 152 valence electrons. The van der Waals surface area contributed by atoms with Gasteiger partial charge in [0, 0.05) is 45.1 Å². The molecule has 1 aliphatic heterocycles. The number of aliphatic imine (C=N–C) groups is 1. The van der Waals surface area contributed by atoms with Crippen LogP contribution in [-0.4, -0.2) is 60.7 Å². The molecule has 1 N–H and O–H groups in total. The van der Waals surface area contributed by atoms with Crippen LogP contribution in [0, 0.1) is 6.92 Å². The Balaban J connectivity index is 0.00000280. The Bertz CT molecular complexity index is 763. The van der Waals surface area contributed by atoms with Gasteiger partial charge in [-0.15, -0.1) is 24.0 Å². The molecule has 2 aromatic rings. The Morgan fingerprint density at radius 1 is 1.14 bits per heavy atom. The SMILES string of the molecule is CCNC(=NCc1cc(C)cc(OC)c1)N1CCN(c2ncccn2)CC1.I. The van der Waals surface area contributed by atoms with Gasteiger partial charge in [-0.2, -0.15) is 0 Å². The summed E-state index contributed by atoms with van der Waals surface area (Å²) in [6, 6.07) is 8.07. The van der Waals surface area contributed by atoms with Crippen LogP contribution in [0.2, 0.25) is 0 Å². The van der Waals surface area contributed by atoms with Crippen LogP contribution in [0.4, 0.5) is 5.95 Å².